The van der Waals surface area contributed by atoms with Gasteiger partial charge in [-0.15, -0.1) is 0 Å². The van der Waals surface area contributed by atoms with E-state index < -0.39 is 5.82 Å². The Hall–Kier alpha value is -0.940. The maximum Gasteiger partial charge on any atom is 0.255 e. The van der Waals surface area contributed by atoms with Crippen LogP contribution in [0.3, 0.4) is 0 Å². The first kappa shape index (κ1) is 16.4. The minimum Gasteiger partial charge on any atom is -0.337 e. The van der Waals surface area contributed by atoms with Crippen molar-refractivity contribution in [1.82, 2.24) is 10.2 Å². The lowest BCUT2D eigenvalue weighted by Crippen LogP contribution is -2.43. The number of halogens is 2. The lowest BCUT2D eigenvalue weighted by molar-refractivity contribution is 0.0720. The molecule has 1 atom stereocenters. The van der Waals surface area contributed by atoms with Gasteiger partial charge in [0.2, 0.25) is 0 Å². The Labute approximate surface area is 134 Å². The van der Waals surface area contributed by atoms with Gasteiger partial charge in [-0.3, -0.25) is 4.79 Å². The van der Waals surface area contributed by atoms with E-state index in [-0.39, 0.29) is 10.4 Å². The second-order valence-electron chi connectivity index (χ2n) is 6.00. The van der Waals surface area contributed by atoms with E-state index in [4.69, 9.17) is 0 Å². The number of hydrogen-bond acceptors (Lipinski definition) is 2. The van der Waals surface area contributed by atoms with E-state index in [0.29, 0.717) is 30.6 Å². The number of rotatable bonds is 5. The van der Waals surface area contributed by atoms with E-state index in [1.54, 1.807) is 12.1 Å². The van der Waals surface area contributed by atoms with Crippen molar-refractivity contribution in [3.63, 3.8) is 0 Å². The fourth-order valence-electron chi connectivity index (χ4n) is 2.70. The Morgan fingerprint density at radius 2 is 2.29 bits per heavy atom. The smallest absolute Gasteiger partial charge is 0.255 e. The van der Waals surface area contributed by atoms with Crippen molar-refractivity contribution < 1.29 is 9.18 Å². The fraction of sp³-hybridized carbons (Fsp3) is 0.562. The first-order valence-corrected chi connectivity index (χ1v) is 8.25. The van der Waals surface area contributed by atoms with Gasteiger partial charge in [0, 0.05) is 19.1 Å². The standard InChI is InChI=1S/C16H22BrFN2O/c1-11(2)9-20(10-12-5-4-8-19-12)16(21)13-6-3-7-14(18)15(13)17/h3,6-7,11-12,19H,4-5,8-10H2,1-2H3. The van der Waals surface area contributed by atoms with Gasteiger partial charge in [0.1, 0.15) is 5.82 Å². The molecule has 0 saturated carbocycles. The highest BCUT2D eigenvalue weighted by Gasteiger charge is 2.24. The summed E-state index contributed by atoms with van der Waals surface area (Å²) in [6.07, 6.45) is 2.24. The van der Waals surface area contributed by atoms with E-state index in [1.165, 1.54) is 6.07 Å². The molecule has 1 aromatic rings. The molecular weight excluding hydrogens is 335 g/mol. The third kappa shape index (κ3) is 4.27. The van der Waals surface area contributed by atoms with Gasteiger partial charge < -0.3 is 10.2 Å². The molecule has 1 amide bonds. The number of hydrogen-bond donors (Lipinski definition) is 1. The van der Waals surface area contributed by atoms with Crippen molar-refractivity contribution in [2.24, 2.45) is 5.92 Å². The molecular formula is C16H22BrFN2O. The number of carbonyl (C=O) groups is 1. The molecule has 1 unspecified atom stereocenters. The summed E-state index contributed by atoms with van der Waals surface area (Å²) in [5.41, 5.74) is 0.397. The Morgan fingerprint density at radius 3 is 2.90 bits per heavy atom. The first-order valence-electron chi connectivity index (χ1n) is 7.45. The molecule has 0 aromatic heterocycles. The molecule has 1 saturated heterocycles. The maximum atomic E-state index is 13.6. The summed E-state index contributed by atoms with van der Waals surface area (Å²) in [6, 6.07) is 4.95. The molecule has 1 heterocycles. The number of nitrogens with zero attached hydrogens (tertiary/aromatic N) is 1. The molecule has 1 N–H and O–H groups in total. The molecule has 21 heavy (non-hydrogen) atoms. The molecule has 1 fully saturated rings. The number of benzene rings is 1. The van der Waals surface area contributed by atoms with Crippen LogP contribution in [0.4, 0.5) is 4.39 Å². The van der Waals surface area contributed by atoms with Crippen LogP contribution < -0.4 is 5.32 Å². The van der Waals surface area contributed by atoms with Gasteiger partial charge in [0.05, 0.1) is 10.0 Å². The van der Waals surface area contributed by atoms with Crippen molar-refractivity contribution in [3.05, 3.63) is 34.1 Å². The van der Waals surface area contributed by atoms with Crippen molar-refractivity contribution in [2.75, 3.05) is 19.6 Å². The SMILES string of the molecule is CC(C)CN(CC1CCCN1)C(=O)c1cccc(F)c1Br. The molecule has 0 bridgehead atoms. The van der Waals surface area contributed by atoms with E-state index in [9.17, 15) is 9.18 Å². The third-order valence-electron chi connectivity index (χ3n) is 3.66. The third-order valence-corrected chi connectivity index (χ3v) is 4.46. The second-order valence-corrected chi connectivity index (χ2v) is 6.79. The number of carbonyl (C=O) groups excluding carboxylic acids is 1. The predicted molar refractivity (Wildman–Crippen MR) is 85.9 cm³/mol. The van der Waals surface area contributed by atoms with Crippen LogP contribution in [0, 0.1) is 11.7 Å². The Bertz CT molecular complexity index is 501. The van der Waals surface area contributed by atoms with Gasteiger partial charge in [-0.05, 0) is 53.4 Å². The monoisotopic (exact) mass is 356 g/mol. The Kier molecular flexibility index (Phi) is 5.76. The molecule has 0 radical (unpaired) electrons. The lowest BCUT2D eigenvalue weighted by Gasteiger charge is -2.28. The Morgan fingerprint density at radius 1 is 1.52 bits per heavy atom. The minimum atomic E-state index is -0.399. The normalized spacial score (nSPS) is 18.2. The lowest BCUT2D eigenvalue weighted by atomic mass is 10.1. The van der Waals surface area contributed by atoms with Crippen LogP contribution in [-0.4, -0.2) is 36.5 Å². The van der Waals surface area contributed by atoms with Gasteiger partial charge in [0.15, 0.2) is 0 Å². The van der Waals surface area contributed by atoms with Crippen molar-refractivity contribution >= 4 is 21.8 Å². The molecule has 3 nitrogen and oxygen atoms in total. The van der Waals surface area contributed by atoms with Crippen molar-refractivity contribution in [3.8, 4) is 0 Å². The highest BCUT2D eigenvalue weighted by molar-refractivity contribution is 9.10. The van der Waals surface area contributed by atoms with Crippen LogP contribution in [0.1, 0.15) is 37.0 Å². The van der Waals surface area contributed by atoms with Crippen molar-refractivity contribution in [2.45, 2.75) is 32.7 Å². The van der Waals surface area contributed by atoms with Gasteiger partial charge in [-0.1, -0.05) is 19.9 Å². The zero-order valence-corrected chi connectivity index (χ0v) is 14.1. The topological polar surface area (TPSA) is 32.3 Å². The highest BCUT2D eigenvalue weighted by atomic mass is 79.9. The minimum absolute atomic E-state index is 0.108. The molecule has 1 aliphatic rings. The van der Waals surface area contributed by atoms with Crippen LogP contribution in [0.25, 0.3) is 0 Å². The summed E-state index contributed by atoms with van der Waals surface area (Å²) < 4.78 is 13.9. The maximum absolute atomic E-state index is 13.6. The van der Waals surface area contributed by atoms with Crippen LogP contribution in [0.2, 0.25) is 0 Å². The molecule has 116 valence electrons. The highest BCUT2D eigenvalue weighted by Crippen LogP contribution is 2.23. The summed E-state index contributed by atoms with van der Waals surface area (Å²) >= 11 is 3.19. The second kappa shape index (κ2) is 7.36. The quantitative estimate of drug-likeness (QED) is 0.876. The molecule has 2 rings (SSSR count). The van der Waals surface area contributed by atoms with E-state index >= 15 is 0 Å². The van der Waals surface area contributed by atoms with Crippen LogP contribution in [0.5, 0.6) is 0 Å². The zero-order valence-electron chi connectivity index (χ0n) is 12.5. The van der Waals surface area contributed by atoms with E-state index in [0.717, 1.165) is 19.4 Å². The molecule has 1 aromatic carbocycles. The summed E-state index contributed by atoms with van der Waals surface area (Å²) in [5.74, 6) is -0.129. The fourth-order valence-corrected chi connectivity index (χ4v) is 3.13. The summed E-state index contributed by atoms with van der Waals surface area (Å²) in [4.78, 5) is 14.6. The van der Waals surface area contributed by atoms with Gasteiger partial charge >= 0.3 is 0 Å². The van der Waals surface area contributed by atoms with E-state index in [1.807, 2.05) is 4.90 Å². The van der Waals surface area contributed by atoms with Crippen LogP contribution in [0.15, 0.2) is 22.7 Å². The van der Waals surface area contributed by atoms with E-state index in [2.05, 4.69) is 35.1 Å². The summed E-state index contributed by atoms with van der Waals surface area (Å²) in [5, 5.41) is 3.41. The number of amides is 1. The number of nitrogens with one attached hydrogen (secondary N) is 1. The average molecular weight is 357 g/mol. The van der Waals surface area contributed by atoms with Gasteiger partial charge in [0.25, 0.3) is 5.91 Å². The largest absolute Gasteiger partial charge is 0.337 e. The molecule has 0 spiro atoms. The first-order chi connectivity index (χ1) is 9.99. The predicted octanol–water partition coefficient (Wildman–Crippen LogP) is 3.44. The van der Waals surface area contributed by atoms with Crippen molar-refractivity contribution in [1.29, 1.82) is 0 Å². The Balaban J connectivity index is 2.18. The molecule has 0 aliphatic carbocycles. The average Bonchev–Trinajstić information content (AvgIpc) is 2.93. The van der Waals surface area contributed by atoms with Crippen LogP contribution >= 0.6 is 15.9 Å². The summed E-state index contributed by atoms with van der Waals surface area (Å²) in [7, 11) is 0. The molecule has 1 aliphatic heterocycles. The molecule has 5 heteroatoms. The van der Waals surface area contributed by atoms with Crippen LogP contribution in [-0.2, 0) is 0 Å². The van der Waals surface area contributed by atoms with Gasteiger partial charge in [-0.25, -0.2) is 4.39 Å². The zero-order chi connectivity index (χ0) is 15.4. The summed E-state index contributed by atoms with van der Waals surface area (Å²) in [6.45, 7) is 6.55. The van der Waals surface area contributed by atoms with Gasteiger partial charge in [-0.2, -0.15) is 0 Å².